The van der Waals surface area contributed by atoms with E-state index in [0.717, 1.165) is 51.7 Å². The van der Waals surface area contributed by atoms with Crippen molar-refractivity contribution in [3.05, 3.63) is 156 Å². The summed E-state index contributed by atoms with van der Waals surface area (Å²) >= 11 is 1.39. The number of hydrogen-bond acceptors (Lipinski definition) is 5. The van der Waals surface area contributed by atoms with Crippen molar-refractivity contribution in [2.45, 2.75) is 25.4 Å². The van der Waals surface area contributed by atoms with Gasteiger partial charge >= 0.3 is 0 Å². The van der Waals surface area contributed by atoms with Gasteiger partial charge in [0.1, 0.15) is 17.3 Å². The predicted molar refractivity (Wildman–Crippen MR) is 180 cm³/mol. The molecule has 4 aromatic carbocycles. The average molecular weight is 628 g/mol. The SMILES string of the molecule is COc1ccc(OC)c([C@@H]2C3=C(N=c4s/c(=C/c5cn(Cc6ccccc6F)c6ccccc56)c(=O)n42)c2ccccc2CC3)c1. The standard InChI is InChI=1S/C38H30FN3O3S/c1-44-26-16-18-33(45-2)30(20-26)36-29-17-15-23-9-3-5-12-28(23)35(29)40-38-42(36)37(43)34(46-38)19-25-22-41(32-14-8-6-11-27(25)32)21-24-10-4-7-13-31(24)39/h3-14,16,18-20,22,36H,15,17,21H2,1-2H3/b34-19+/t36-/m0/s1. The molecule has 1 aliphatic heterocycles. The first-order valence-corrected chi connectivity index (χ1v) is 16.0. The number of nitrogens with zero attached hydrogens (tertiary/aromatic N) is 3. The molecule has 6 aromatic rings. The Hall–Kier alpha value is -5.21. The van der Waals surface area contributed by atoms with Crippen molar-refractivity contribution in [3.63, 3.8) is 0 Å². The Labute approximate surface area is 268 Å². The van der Waals surface area contributed by atoms with Gasteiger partial charge in [-0.15, -0.1) is 0 Å². The topological polar surface area (TPSA) is 57.8 Å². The summed E-state index contributed by atoms with van der Waals surface area (Å²) < 4.78 is 30.5. The maximum absolute atomic E-state index is 14.6. The van der Waals surface area contributed by atoms with Crippen LogP contribution in [0.3, 0.4) is 0 Å². The fraction of sp³-hybridized carbons (Fsp3) is 0.158. The fourth-order valence-electron chi connectivity index (χ4n) is 6.82. The number of methoxy groups -OCH3 is 2. The maximum Gasteiger partial charge on any atom is 0.271 e. The second kappa shape index (κ2) is 11.3. The summed E-state index contributed by atoms with van der Waals surface area (Å²) in [5.41, 5.74) is 7.57. The van der Waals surface area contributed by atoms with Gasteiger partial charge in [-0.3, -0.25) is 9.36 Å². The summed E-state index contributed by atoms with van der Waals surface area (Å²) in [6.45, 7) is 0.379. The van der Waals surface area contributed by atoms with E-state index in [9.17, 15) is 9.18 Å². The Balaban J connectivity index is 1.35. The normalized spacial score (nSPS) is 15.7. The van der Waals surface area contributed by atoms with E-state index < -0.39 is 6.04 Å². The van der Waals surface area contributed by atoms with Crippen LogP contribution in [0.5, 0.6) is 11.5 Å². The van der Waals surface area contributed by atoms with E-state index in [4.69, 9.17) is 14.5 Å². The zero-order chi connectivity index (χ0) is 31.4. The molecule has 2 aromatic heterocycles. The lowest BCUT2D eigenvalue weighted by Gasteiger charge is -2.31. The summed E-state index contributed by atoms with van der Waals surface area (Å²) in [5.74, 6) is 1.13. The van der Waals surface area contributed by atoms with Crippen molar-refractivity contribution >= 4 is 34.0 Å². The Morgan fingerprint density at radius 2 is 1.76 bits per heavy atom. The quantitative estimate of drug-likeness (QED) is 0.213. The number of halogens is 1. The molecule has 0 spiro atoms. The number of aryl methyl sites for hydroxylation is 1. The van der Waals surface area contributed by atoms with Gasteiger partial charge in [0.2, 0.25) is 0 Å². The largest absolute Gasteiger partial charge is 0.497 e. The number of para-hydroxylation sites is 1. The van der Waals surface area contributed by atoms with Crippen molar-refractivity contribution in [2.75, 3.05) is 14.2 Å². The molecule has 0 N–H and O–H groups in total. The zero-order valence-corrected chi connectivity index (χ0v) is 26.2. The first-order valence-electron chi connectivity index (χ1n) is 15.2. The monoisotopic (exact) mass is 627 g/mol. The molecule has 1 aliphatic carbocycles. The van der Waals surface area contributed by atoms with Gasteiger partial charge < -0.3 is 14.0 Å². The number of thiazole rings is 1. The van der Waals surface area contributed by atoms with Crippen molar-refractivity contribution in [1.82, 2.24) is 9.13 Å². The van der Waals surface area contributed by atoms with Gasteiger partial charge in [0.05, 0.1) is 37.0 Å². The lowest BCUT2D eigenvalue weighted by molar-refractivity contribution is 0.392. The maximum atomic E-state index is 14.6. The molecular weight excluding hydrogens is 598 g/mol. The highest BCUT2D eigenvalue weighted by Crippen LogP contribution is 2.44. The molecular formula is C38H30FN3O3S. The fourth-order valence-corrected chi connectivity index (χ4v) is 7.82. The lowest BCUT2D eigenvalue weighted by atomic mass is 9.83. The van der Waals surface area contributed by atoms with E-state index >= 15 is 0 Å². The average Bonchev–Trinajstić information content (AvgIpc) is 3.60. The van der Waals surface area contributed by atoms with E-state index in [-0.39, 0.29) is 11.4 Å². The molecule has 0 amide bonds. The van der Waals surface area contributed by atoms with E-state index in [1.54, 1.807) is 26.4 Å². The second-order valence-corrected chi connectivity index (χ2v) is 12.6. The second-order valence-electron chi connectivity index (χ2n) is 11.5. The molecule has 8 heteroatoms. The predicted octanol–water partition coefficient (Wildman–Crippen LogP) is 6.48. The summed E-state index contributed by atoms with van der Waals surface area (Å²) in [4.78, 5) is 20.3. The van der Waals surface area contributed by atoms with Gasteiger partial charge in [-0.1, -0.05) is 72.0 Å². The summed E-state index contributed by atoms with van der Waals surface area (Å²) in [6, 6.07) is 28.5. The van der Waals surface area contributed by atoms with E-state index in [2.05, 4.69) is 18.2 Å². The minimum atomic E-state index is -0.408. The third-order valence-corrected chi connectivity index (χ3v) is 9.99. The van der Waals surface area contributed by atoms with Crippen LogP contribution in [0.15, 0.2) is 113 Å². The smallest absolute Gasteiger partial charge is 0.271 e. The summed E-state index contributed by atoms with van der Waals surface area (Å²) in [6.07, 6.45) is 5.58. The molecule has 8 rings (SSSR count). The Morgan fingerprint density at radius 1 is 0.957 bits per heavy atom. The summed E-state index contributed by atoms with van der Waals surface area (Å²) in [7, 11) is 3.29. The highest BCUT2D eigenvalue weighted by Gasteiger charge is 2.34. The Kier molecular flexibility index (Phi) is 6.95. The number of rotatable bonds is 6. The van der Waals surface area contributed by atoms with E-state index in [0.29, 0.717) is 32.9 Å². The minimum absolute atomic E-state index is 0.116. The number of fused-ring (bicyclic) bond motifs is 4. The molecule has 46 heavy (non-hydrogen) atoms. The van der Waals surface area contributed by atoms with Crippen LogP contribution >= 0.6 is 11.3 Å². The van der Waals surface area contributed by atoms with Gasteiger partial charge in [0, 0.05) is 39.4 Å². The molecule has 0 fully saturated rings. The lowest BCUT2D eigenvalue weighted by Crippen LogP contribution is -2.39. The van der Waals surface area contributed by atoms with Crippen LogP contribution in [0.4, 0.5) is 4.39 Å². The molecule has 0 radical (unpaired) electrons. The molecule has 1 atom stereocenters. The number of aromatic nitrogens is 2. The summed E-state index contributed by atoms with van der Waals surface area (Å²) in [5, 5.41) is 0.990. The van der Waals surface area contributed by atoms with Crippen LogP contribution in [-0.4, -0.2) is 23.4 Å². The molecule has 0 unspecified atom stereocenters. The van der Waals surface area contributed by atoms with Gasteiger partial charge in [-0.2, -0.15) is 0 Å². The van der Waals surface area contributed by atoms with Crippen LogP contribution in [-0.2, 0) is 13.0 Å². The first kappa shape index (κ1) is 28.3. The van der Waals surface area contributed by atoms with Crippen LogP contribution in [0, 0.1) is 5.82 Å². The molecule has 0 saturated carbocycles. The Morgan fingerprint density at radius 3 is 2.61 bits per heavy atom. The molecule has 228 valence electrons. The highest BCUT2D eigenvalue weighted by molar-refractivity contribution is 7.07. The number of allylic oxidation sites excluding steroid dienone is 1. The third-order valence-electron chi connectivity index (χ3n) is 9.01. The van der Waals surface area contributed by atoms with Crippen LogP contribution in [0.2, 0.25) is 0 Å². The molecule has 6 nitrogen and oxygen atoms in total. The zero-order valence-electron chi connectivity index (χ0n) is 25.4. The van der Waals surface area contributed by atoms with Crippen molar-refractivity contribution in [2.24, 2.45) is 4.99 Å². The number of ether oxygens (including phenoxy) is 2. The third kappa shape index (κ3) is 4.60. The number of hydrogen-bond donors (Lipinski definition) is 0. The first-order chi connectivity index (χ1) is 22.5. The van der Waals surface area contributed by atoms with Gasteiger partial charge in [0.25, 0.3) is 5.56 Å². The molecule has 0 saturated heterocycles. The van der Waals surface area contributed by atoms with Crippen molar-refractivity contribution < 1.29 is 13.9 Å². The number of benzene rings is 4. The highest BCUT2D eigenvalue weighted by atomic mass is 32.1. The van der Waals surface area contributed by atoms with E-state index in [1.165, 1.54) is 23.0 Å². The van der Waals surface area contributed by atoms with Crippen molar-refractivity contribution in [1.29, 1.82) is 0 Å². The molecule has 2 aliphatic rings. The van der Waals surface area contributed by atoms with Gasteiger partial charge in [-0.25, -0.2) is 9.38 Å². The van der Waals surface area contributed by atoms with Crippen molar-refractivity contribution in [3.8, 4) is 11.5 Å². The van der Waals surface area contributed by atoms with Crippen LogP contribution in [0.1, 0.15) is 40.3 Å². The molecule has 0 bridgehead atoms. The van der Waals surface area contributed by atoms with Crippen LogP contribution in [0.25, 0.3) is 22.7 Å². The minimum Gasteiger partial charge on any atom is -0.497 e. The van der Waals surface area contributed by atoms with Gasteiger partial charge in [-0.05, 0) is 60.4 Å². The van der Waals surface area contributed by atoms with E-state index in [1.807, 2.05) is 76.0 Å². The van der Waals surface area contributed by atoms with Gasteiger partial charge in [0.15, 0.2) is 4.80 Å². The molecule has 3 heterocycles. The van der Waals surface area contributed by atoms with Crippen LogP contribution < -0.4 is 24.4 Å². The Bertz CT molecular complexity index is 2380.